The first-order valence-electron chi connectivity index (χ1n) is 12.2. The number of benzene rings is 2. The molecule has 8 heteroatoms. The van der Waals surface area contributed by atoms with E-state index in [2.05, 4.69) is 24.4 Å². The fraction of sp³-hybridized carbons (Fsp3) is 0.333. The van der Waals surface area contributed by atoms with Crippen molar-refractivity contribution in [2.24, 2.45) is 0 Å². The molecule has 1 aliphatic heterocycles. The first-order valence-corrected chi connectivity index (χ1v) is 12.2. The molecule has 0 unspecified atom stereocenters. The van der Waals surface area contributed by atoms with Gasteiger partial charge in [0, 0.05) is 44.0 Å². The summed E-state index contributed by atoms with van der Waals surface area (Å²) in [6.45, 7) is 3.50. The van der Waals surface area contributed by atoms with Crippen LogP contribution >= 0.6 is 0 Å². The summed E-state index contributed by atoms with van der Waals surface area (Å²) in [5.74, 6) is -1.19. The van der Waals surface area contributed by atoms with Crippen LogP contribution in [0.2, 0.25) is 0 Å². The first-order chi connectivity index (χ1) is 17.0. The van der Waals surface area contributed by atoms with Crippen molar-refractivity contribution in [1.29, 1.82) is 0 Å². The molecule has 1 N–H and O–H groups in total. The molecule has 35 heavy (non-hydrogen) atoms. The highest BCUT2D eigenvalue weighted by Gasteiger charge is 2.32. The number of amides is 3. The summed E-state index contributed by atoms with van der Waals surface area (Å²) in [5, 5.41) is 7.51. The van der Waals surface area contributed by atoms with Gasteiger partial charge in [-0.05, 0) is 37.0 Å². The molecule has 2 heterocycles. The number of rotatable bonds is 5. The Hall–Kier alpha value is -3.94. The molecule has 2 aliphatic rings. The number of carbonyl (C=O) groups excluding carboxylic acids is 3. The second-order valence-corrected chi connectivity index (χ2v) is 9.05. The van der Waals surface area contributed by atoms with Gasteiger partial charge in [0.25, 0.3) is 5.91 Å². The standard InChI is InChI=1S/C27H29N5O3/c1-2-19-8-10-20(11-9-19)24-23(18-32(29-24)22-6-4-3-5-7-22)26(34)30-14-16-31(17-15-30)27(35)25(33)28-21-12-13-21/h3-11,18,21H,2,12-17H2,1H3,(H,28,33). The van der Waals surface area contributed by atoms with E-state index in [1.54, 1.807) is 15.8 Å². The van der Waals surface area contributed by atoms with Crippen molar-refractivity contribution in [2.45, 2.75) is 32.2 Å². The van der Waals surface area contributed by atoms with Gasteiger partial charge in [-0.15, -0.1) is 0 Å². The number of aromatic nitrogens is 2. The van der Waals surface area contributed by atoms with Crippen LogP contribution in [0, 0.1) is 0 Å². The van der Waals surface area contributed by atoms with E-state index in [4.69, 9.17) is 5.10 Å². The van der Waals surface area contributed by atoms with Crippen molar-refractivity contribution in [3.8, 4) is 16.9 Å². The minimum absolute atomic E-state index is 0.128. The number of hydrogen-bond acceptors (Lipinski definition) is 4. The Morgan fingerprint density at radius 3 is 2.20 bits per heavy atom. The molecule has 8 nitrogen and oxygen atoms in total. The molecular formula is C27H29N5O3. The predicted molar refractivity (Wildman–Crippen MR) is 132 cm³/mol. The number of carbonyl (C=O) groups is 3. The van der Waals surface area contributed by atoms with Crippen molar-refractivity contribution in [1.82, 2.24) is 24.9 Å². The fourth-order valence-corrected chi connectivity index (χ4v) is 4.26. The Morgan fingerprint density at radius 2 is 1.57 bits per heavy atom. The number of para-hydroxylation sites is 1. The highest BCUT2D eigenvalue weighted by molar-refractivity contribution is 6.35. The summed E-state index contributed by atoms with van der Waals surface area (Å²) in [4.78, 5) is 41.5. The molecule has 1 saturated heterocycles. The molecule has 180 valence electrons. The van der Waals surface area contributed by atoms with Crippen LogP contribution in [0.5, 0.6) is 0 Å². The summed E-state index contributed by atoms with van der Waals surface area (Å²) < 4.78 is 1.73. The summed E-state index contributed by atoms with van der Waals surface area (Å²) in [7, 11) is 0. The molecule has 5 rings (SSSR count). The third-order valence-electron chi connectivity index (χ3n) is 6.56. The lowest BCUT2D eigenvalue weighted by Crippen LogP contribution is -2.54. The van der Waals surface area contributed by atoms with Crippen LogP contribution in [0.1, 0.15) is 35.7 Å². The van der Waals surface area contributed by atoms with Crippen molar-refractivity contribution >= 4 is 17.7 Å². The molecule has 0 atom stereocenters. The predicted octanol–water partition coefficient (Wildman–Crippen LogP) is 2.66. The highest BCUT2D eigenvalue weighted by atomic mass is 16.2. The molecule has 1 aliphatic carbocycles. The third-order valence-corrected chi connectivity index (χ3v) is 6.56. The molecule has 3 amide bonds. The van der Waals surface area contributed by atoms with Gasteiger partial charge in [-0.1, -0.05) is 49.4 Å². The Balaban J connectivity index is 1.36. The van der Waals surface area contributed by atoms with Crippen LogP contribution in [0.15, 0.2) is 60.8 Å². The van der Waals surface area contributed by atoms with Crippen LogP contribution in [-0.4, -0.2) is 69.5 Å². The Bertz CT molecular complexity index is 1220. The van der Waals surface area contributed by atoms with Gasteiger partial charge in [-0.2, -0.15) is 5.10 Å². The Kier molecular flexibility index (Phi) is 6.35. The zero-order valence-electron chi connectivity index (χ0n) is 19.8. The fourth-order valence-electron chi connectivity index (χ4n) is 4.26. The largest absolute Gasteiger partial charge is 0.345 e. The molecule has 1 aromatic heterocycles. The molecular weight excluding hydrogens is 442 g/mol. The Labute approximate surface area is 204 Å². The monoisotopic (exact) mass is 471 g/mol. The minimum atomic E-state index is -0.547. The topological polar surface area (TPSA) is 87.5 Å². The summed E-state index contributed by atoms with van der Waals surface area (Å²) in [5.41, 5.74) is 4.12. The van der Waals surface area contributed by atoms with E-state index in [1.165, 1.54) is 10.5 Å². The van der Waals surface area contributed by atoms with Crippen LogP contribution < -0.4 is 5.32 Å². The molecule has 0 spiro atoms. The second kappa shape index (κ2) is 9.74. The quantitative estimate of drug-likeness (QED) is 0.580. The molecule has 1 saturated carbocycles. The molecule has 0 bridgehead atoms. The second-order valence-electron chi connectivity index (χ2n) is 9.05. The van der Waals surface area contributed by atoms with E-state index < -0.39 is 11.8 Å². The van der Waals surface area contributed by atoms with Crippen molar-refractivity contribution in [3.63, 3.8) is 0 Å². The number of aryl methyl sites for hydroxylation is 1. The first kappa shape index (κ1) is 22.8. The van der Waals surface area contributed by atoms with Crippen LogP contribution in [0.25, 0.3) is 16.9 Å². The summed E-state index contributed by atoms with van der Waals surface area (Å²) in [6, 6.07) is 18.0. The van der Waals surface area contributed by atoms with Crippen LogP contribution in [0.3, 0.4) is 0 Å². The summed E-state index contributed by atoms with van der Waals surface area (Å²) in [6.07, 6.45) is 4.58. The van der Waals surface area contributed by atoms with Gasteiger partial charge in [-0.25, -0.2) is 4.68 Å². The number of piperazine rings is 1. The zero-order chi connectivity index (χ0) is 24.4. The smallest absolute Gasteiger partial charge is 0.312 e. The van der Waals surface area contributed by atoms with Crippen molar-refractivity contribution in [2.75, 3.05) is 26.2 Å². The van der Waals surface area contributed by atoms with Gasteiger partial charge in [0.05, 0.1) is 11.3 Å². The van der Waals surface area contributed by atoms with E-state index in [0.717, 1.165) is 30.5 Å². The van der Waals surface area contributed by atoms with E-state index in [-0.39, 0.29) is 11.9 Å². The third kappa shape index (κ3) is 4.96. The Morgan fingerprint density at radius 1 is 0.914 bits per heavy atom. The average Bonchev–Trinajstić information content (AvgIpc) is 3.62. The highest BCUT2D eigenvalue weighted by Crippen LogP contribution is 2.26. The van der Waals surface area contributed by atoms with Gasteiger partial charge in [0.2, 0.25) is 0 Å². The maximum atomic E-state index is 13.6. The van der Waals surface area contributed by atoms with Crippen LogP contribution in [0.4, 0.5) is 0 Å². The maximum Gasteiger partial charge on any atom is 0.312 e. The van der Waals surface area contributed by atoms with E-state index in [1.807, 2.05) is 42.5 Å². The molecule has 3 aromatic rings. The van der Waals surface area contributed by atoms with Gasteiger partial charge in [-0.3, -0.25) is 14.4 Å². The number of hydrogen-bond donors (Lipinski definition) is 1. The average molecular weight is 472 g/mol. The minimum Gasteiger partial charge on any atom is -0.345 e. The number of nitrogens with one attached hydrogen (secondary N) is 1. The lowest BCUT2D eigenvalue weighted by atomic mass is 10.0. The SMILES string of the molecule is CCc1ccc(-c2nn(-c3ccccc3)cc2C(=O)N2CCN(C(=O)C(=O)NC3CC3)CC2)cc1. The van der Waals surface area contributed by atoms with Crippen molar-refractivity contribution in [3.05, 3.63) is 71.9 Å². The molecule has 2 aromatic carbocycles. The number of nitrogens with zero attached hydrogens (tertiary/aromatic N) is 4. The van der Waals surface area contributed by atoms with Gasteiger partial charge in [0.1, 0.15) is 5.69 Å². The summed E-state index contributed by atoms with van der Waals surface area (Å²) >= 11 is 0. The van der Waals surface area contributed by atoms with Crippen molar-refractivity contribution < 1.29 is 14.4 Å². The lowest BCUT2D eigenvalue weighted by molar-refractivity contribution is -0.146. The zero-order valence-corrected chi connectivity index (χ0v) is 19.8. The normalized spacial score (nSPS) is 15.7. The molecule has 2 fully saturated rings. The van der Waals surface area contributed by atoms with Gasteiger partial charge in [0.15, 0.2) is 0 Å². The molecule has 0 radical (unpaired) electrons. The van der Waals surface area contributed by atoms with Gasteiger partial charge >= 0.3 is 11.8 Å². The van der Waals surface area contributed by atoms with Crippen LogP contribution in [-0.2, 0) is 16.0 Å². The van der Waals surface area contributed by atoms with E-state index in [9.17, 15) is 14.4 Å². The van der Waals surface area contributed by atoms with Gasteiger partial charge < -0.3 is 15.1 Å². The lowest BCUT2D eigenvalue weighted by Gasteiger charge is -2.34. The van der Waals surface area contributed by atoms with E-state index >= 15 is 0 Å². The van der Waals surface area contributed by atoms with E-state index in [0.29, 0.717) is 37.4 Å². The maximum absolute atomic E-state index is 13.6.